The van der Waals surface area contributed by atoms with Gasteiger partial charge in [-0.25, -0.2) is 9.59 Å². The molecule has 0 aliphatic carbocycles. The van der Waals surface area contributed by atoms with E-state index in [1.54, 1.807) is 24.3 Å². The molecule has 0 radical (unpaired) electrons. The monoisotopic (exact) mass is 355 g/mol. The first-order valence-electron chi connectivity index (χ1n) is 7.76. The largest absolute Gasteiger partial charge is 0.494 e. The molecule has 134 valence electrons. The van der Waals surface area contributed by atoms with Gasteiger partial charge in [0.1, 0.15) is 29.8 Å². The van der Waals surface area contributed by atoms with Crippen LogP contribution in [0.3, 0.4) is 0 Å². The third-order valence-electron chi connectivity index (χ3n) is 3.24. The van der Waals surface area contributed by atoms with Crippen LogP contribution in [0.5, 0.6) is 5.75 Å². The van der Waals surface area contributed by atoms with Gasteiger partial charge in [-0.2, -0.15) is 5.26 Å². The van der Waals surface area contributed by atoms with Gasteiger partial charge in [0.25, 0.3) is 0 Å². The number of furan rings is 1. The average molecular weight is 355 g/mol. The Kier molecular flexibility index (Phi) is 6.57. The molecule has 7 nitrogen and oxygen atoms in total. The van der Waals surface area contributed by atoms with E-state index in [4.69, 9.17) is 13.9 Å². The molecule has 0 aliphatic rings. The normalized spacial score (nSPS) is 10.7. The van der Waals surface area contributed by atoms with Gasteiger partial charge in [-0.1, -0.05) is 12.1 Å². The Morgan fingerprint density at radius 3 is 2.54 bits per heavy atom. The van der Waals surface area contributed by atoms with Gasteiger partial charge in [0.2, 0.25) is 5.76 Å². The number of benzene rings is 1. The van der Waals surface area contributed by atoms with Crippen molar-refractivity contribution < 1.29 is 28.2 Å². The van der Waals surface area contributed by atoms with E-state index in [0.717, 1.165) is 0 Å². The number of nitriles is 1. The Hall–Kier alpha value is -3.53. The van der Waals surface area contributed by atoms with E-state index in [2.05, 4.69) is 4.74 Å². The first-order chi connectivity index (χ1) is 12.6. The molecule has 0 saturated heterocycles. The number of esters is 2. The molecule has 0 spiro atoms. The molecule has 26 heavy (non-hydrogen) atoms. The number of nitrogens with zero attached hydrogens (tertiary/aromatic N) is 1. The van der Waals surface area contributed by atoms with Crippen molar-refractivity contribution in [3.05, 3.63) is 59.1 Å². The zero-order valence-corrected chi connectivity index (χ0v) is 14.4. The van der Waals surface area contributed by atoms with Gasteiger partial charge >= 0.3 is 11.9 Å². The average Bonchev–Trinajstić information content (AvgIpc) is 3.14. The Morgan fingerprint density at radius 2 is 1.92 bits per heavy atom. The molecule has 0 bridgehead atoms. The van der Waals surface area contributed by atoms with Crippen molar-refractivity contribution in [1.82, 2.24) is 0 Å². The highest BCUT2D eigenvalue weighted by Gasteiger charge is 2.15. The molecule has 1 heterocycles. The van der Waals surface area contributed by atoms with Crippen LogP contribution in [-0.2, 0) is 20.9 Å². The zero-order valence-electron chi connectivity index (χ0n) is 14.4. The maximum atomic E-state index is 12.0. The highest BCUT2D eigenvalue weighted by molar-refractivity contribution is 5.97. The Balaban J connectivity index is 2.00. The molecular weight excluding hydrogens is 338 g/mol. The van der Waals surface area contributed by atoms with Crippen molar-refractivity contribution in [3.8, 4) is 11.8 Å². The van der Waals surface area contributed by atoms with Crippen LogP contribution < -0.4 is 4.74 Å². The number of rotatable bonds is 7. The summed E-state index contributed by atoms with van der Waals surface area (Å²) in [5, 5.41) is 9.17. The van der Waals surface area contributed by atoms with E-state index in [1.807, 2.05) is 13.0 Å². The van der Waals surface area contributed by atoms with Crippen LogP contribution in [0.4, 0.5) is 0 Å². The molecule has 7 heteroatoms. The van der Waals surface area contributed by atoms with E-state index in [-0.39, 0.29) is 23.7 Å². The van der Waals surface area contributed by atoms with Crippen molar-refractivity contribution in [2.24, 2.45) is 0 Å². The fraction of sp³-hybridized carbons (Fsp3) is 0.211. The molecule has 1 aromatic heterocycles. The lowest BCUT2D eigenvalue weighted by Gasteiger charge is -2.04. The third-order valence-corrected chi connectivity index (χ3v) is 3.24. The molecular formula is C19H17NO6. The van der Waals surface area contributed by atoms with Gasteiger partial charge < -0.3 is 18.6 Å². The quantitative estimate of drug-likeness (QED) is 0.427. The first kappa shape index (κ1) is 18.8. The lowest BCUT2D eigenvalue weighted by Crippen LogP contribution is -2.06. The summed E-state index contributed by atoms with van der Waals surface area (Å²) in [6.07, 6.45) is 1.42. The predicted octanol–water partition coefficient (Wildman–Crippen LogP) is 3.12. The van der Waals surface area contributed by atoms with Crippen molar-refractivity contribution in [3.63, 3.8) is 0 Å². The SMILES string of the molecule is CCOc1ccc(/C=C(\C#N)C(=O)OCc2ccc(C(=O)OC)o2)cc1. The number of carbonyl (C=O) groups excluding carboxylic acids is 2. The Morgan fingerprint density at radius 1 is 1.19 bits per heavy atom. The summed E-state index contributed by atoms with van der Waals surface area (Å²) >= 11 is 0. The van der Waals surface area contributed by atoms with Gasteiger partial charge in [-0.15, -0.1) is 0 Å². The minimum Gasteiger partial charge on any atom is -0.494 e. The molecule has 0 atom stereocenters. The highest BCUT2D eigenvalue weighted by Crippen LogP contribution is 2.16. The fourth-order valence-corrected chi connectivity index (χ4v) is 2.01. The van der Waals surface area contributed by atoms with E-state index in [9.17, 15) is 14.9 Å². The minimum atomic E-state index is -0.794. The summed E-state index contributed by atoms with van der Waals surface area (Å²) in [7, 11) is 1.23. The van der Waals surface area contributed by atoms with Crippen LogP contribution >= 0.6 is 0 Å². The summed E-state index contributed by atoms with van der Waals surface area (Å²) in [5.41, 5.74) is 0.502. The third kappa shape index (κ3) is 4.98. The Bertz CT molecular complexity index is 842. The lowest BCUT2D eigenvalue weighted by atomic mass is 10.1. The Labute approximate surface area is 150 Å². The zero-order chi connectivity index (χ0) is 18.9. The number of methoxy groups -OCH3 is 1. The van der Waals surface area contributed by atoms with E-state index >= 15 is 0 Å². The highest BCUT2D eigenvalue weighted by atomic mass is 16.6. The van der Waals surface area contributed by atoms with Crippen LogP contribution in [-0.4, -0.2) is 25.7 Å². The van der Waals surface area contributed by atoms with Crippen LogP contribution in [0, 0.1) is 11.3 Å². The molecule has 0 aliphatic heterocycles. The van der Waals surface area contributed by atoms with E-state index < -0.39 is 11.9 Å². The van der Waals surface area contributed by atoms with Gasteiger partial charge in [-0.3, -0.25) is 0 Å². The maximum Gasteiger partial charge on any atom is 0.373 e. The molecule has 2 rings (SSSR count). The van der Waals surface area contributed by atoms with Crippen LogP contribution in [0.1, 0.15) is 28.8 Å². The van der Waals surface area contributed by atoms with Gasteiger partial charge in [0.05, 0.1) is 13.7 Å². The van der Waals surface area contributed by atoms with Crippen molar-refractivity contribution >= 4 is 18.0 Å². The summed E-state index contributed by atoms with van der Waals surface area (Å²) in [4.78, 5) is 23.4. The molecule has 1 aromatic carbocycles. The number of carbonyl (C=O) groups is 2. The molecule has 0 unspecified atom stereocenters. The van der Waals surface area contributed by atoms with Gasteiger partial charge in [0, 0.05) is 0 Å². The standard InChI is InChI=1S/C19H17NO6/c1-3-24-15-6-4-13(5-7-15)10-14(11-20)18(21)25-12-16-8-9-17(26-16)19(22)23-2/h4-10H,3,12H2,1-2H3/b14-10+. The van der Waals surface area contributed by atoms with Crippen LogP contribution in [0.2, 0.25) is 0 Å². The summed E-state index contributed by atoms with van der Waals surface area (Å²) in [5.74, 6) is -0.459. The number of hydrogen-bond acceptors (Lipinski definition) is 7. The lowest BCUT2D eigenvalue weighted by molar-refractivity contribution is -0.140. The smallest absolute Gasteiger partial charge is 0.373 e. The van der Waals surface area contributed by atoms with Crippen LogP contribution in [0.25, 0.3) is 6.08 Å². The molecule has 2 aromatic rings. The van der Waals surface area contributed by atoms with E-state index in [1.165, 1.54) is 25.3 Å². The number of ether oxygens (including phenoxy) is 3. The minimum absolute atomic E-state index is 0.00369. The summed E-state index contributed by atoms with van der Waals surface area (Å²) in [6.45, 7) is 2.22. The van der Waals surface area contributed by atoms with Crippen molar-refractivity contribution in [2.75, 3.05) is 13.7 Å². The molecule has 0 N–H and O–H groups in total. The molecule has 0 amide bonds. The van der Waals surface area contributed by atoms with Crippen molar-refractivity contribution in [2.45, 2.75) is 13.5 Å². The number of hydrogen-bond donors (Lipinski definition) is 0. The first-order valence-corrected chi connectivity index (χ1v) is 7.76. The van der Waals surface area contributed by atoms with Crippen LogP contribution in [0.15, 0.2) is 46.4 Å². The second kappa shape index (κ2) is 9.08. The molecule has 0 saturated carbocycles. The topological polar surface area (TPSA) is 98.8 Å². The van der Waals surface area contributed by atoms with Crippen molar-refractivity contribution in [1.29, 1.82) is 5.26 Å². The summed E-state index contributed by atoms with van der Waals surface area (Å²) < 4.78 is 20.1. The maximum absolute atomic E-state index is 12.0. The van der Waals surface area contributed by atoms with Gasteiger partial charge in [-0.05, 0) is 42.8 Å². The second-order valence-electron chi connectivity index (χ2n) is 5.01. The molecule has 0 fully saturated rings. The second-order valence-corrected chi connectivity index (χ2v) is 5.01. The van der Waals surface area contributed by atoms with E-state index in [0.29, 0.717) is 17.9 Å². The summed E-state index contributed by atoms with van der Waals surface area (Å²) in [6, 6.07) is 11.6. The fourth-order valence-electron chi connectivity index (χ4n) is 2.01. The predicted molar refractivity (Wildman–Crippen MR) is 91.0 cm³/mol. The van der Waals surface area contributed by atoms with Gasteiger partial charge in [0.15, 0.2) is 0 Å².